The van der Waals surface area contributed by atoms with Crippen LogP contribution >= 0.6 is 0 Å². The minimum absolute atomic E-state index is 0.0366. The van der Waals surface area contributed by atoms with Gasteiger partial charge in [0, 0.05) is 5.56 Å². The van der Waals surface area contributed by atoms with Crippen LogP contribution < -0.4 is 5.32 Å². The van der Waals surface area contributed by atoms with E-state index < -0.39 is 36.6 Å². The van der Waals surface area contributed by atoms with Crippen LogP contribution in [0.4, 0.5) is 4.79 Å². The molecule has 0 bridgehead atoms. The fraction of sp³-hybridized carbons (Fsp3) is 0.333. The molecule has 1 atom stereocenters. The second-order valence-corrected chi connectivity index (χ2v) is 8.72. The lowest BCUT2D eigenvalue weighted by atomic mass is 9.86. The molecule has 0 saturated carbocycles. The van der Waals surface area contributed by atoms with Crippen molar-refractivity contribution in [1.82, 2.24) is 10.2 Å². The first-order valence-corrected chi connectivity index (χ1v) is 10.0. The van der Waals surface area contributed by atoms with Crippen LogP contribution in [0.25, 0.3) is 0 Å². The molecule has 1 aliphatic heterocycles. The van der Waals surface area contributed by atoms with Gasteiger partial charge in [-0.15, -0.1) is 0 Å². The van der Waals surface area contributed by atoms with Gasteiger partial charge in [0.1, 0.15) is 12.1 Å². The van der Waals surface area contributed by atoms with Gasteiger partial charge in [0.15, 0.2) is 12.4 Å². The number of hydrogen-bond acceptors (Lipinski definition) is 5. The largest absolute Gasteiger partial charge is 0.456 e. The molecule has 0 unspecified atom stereocenters. The van der Waals surface area contributed by atoms with Crippen molar-refractivity contribution in [1.29, 1.82) is 0 Å². The zero-order valence-corrected chi connectivity index (χ0v) is 18.1. The molecule has 31 heavy (non-hydrogen) atoms. The number of nitrogens with zero attached hydrogens (tertiary/aromatic N) is 1. The molecule has 3 rings (SSSR count). The van der Waals surface area contributed by atoms with Crippen molar-refractivity contribution in [3.63, 3.8) is 0 Å². The van der Waals surface area contributed by atoms with E-state index in [1.807, 2.05) is 12.1 Å². The molecular weight excluding hydrogens is 396 g/mol. The van der Waals surface area contributed by atoms with Crippen molar-refractivity contribution in [2.45, 2.75) is 38.6 Å². The van der Waals surface area contributed by atoms with Gasteiger partial charge in [-0.3, -0.25) is 19.3 Å². The molecule has 7 heteroatoms. The Hall–Kier alpha value is -3.48. The molecule has 2 aromatic rings. The van der Waals surface area contributed by atoms with E-state index in [9.17, 15) is 19.2 Å². The molecule has 1 fully saturated rings. The third-order valence-corrected chi connectivity index (χ3v) is 5.35. The van der Waals surface area contributed by atoms with Crippen molar-refractivity contribution in [3.05, 3.63) is 71.3 Å². The lowest BCUT2D eigenvalue weighted by molar-refractivity contribution is -0.146. The minimum Gasteiger partial charge on any atom is -0.456 e. The number of Topliss-reactive ketones (excluding diaryl/α,β-unsaturated/α-hetero) is 1. The minimum atomic E-state index is -1.26. The molecule has 1 heterocycles. The molecule has 3 amide bonds. The number of nitrogens with one attached hydrogen (secondary N) is 1. The summed E-state index contributed by atoms with van der Waals surface area (Å²) in [7, 11) is 0. The Balaban J connectivity index is 1.59. The fourth-order valence-corrected chi connectivity index (χ4v) is 3.37. The van der Waals surface area contributed by atoms with Gasteiger partial charge in [0.05, 0.1) is 0 Å². The van der Waals surface area contributed by atoms with Gasteiger partial charge in [0.25, 0.3) is 5.91 Å². The van der Waals surface area contributed by atoms with Crippen LogP contribution in [0, 0.1) is 0 Å². The monoisotopic (exact) mass is 422 g/mol. The summed E-state index contributed by atoms with van der Waals surface area (Å²) in [6, 6.07) is 15.2. The van der Waals surface area contributed by atoms with Gasteiger partial charge in [-0.1, -0.05) is 75.4 Å². The lowest BCUT2D eigenvalue weighted by Crippen LogP contribution is -2.41. The van der Waals surface area contributed by atoms with Gasteiger partial charge in [0.2, 0.25) is 0 Å². The van der Waals surface area contributed by atoms with Crippen LogP contribution in [-0.2, 0) is 25.3 Å². The summed E-state index contributed by atoms with van der Waals surface area (Å²) in [6.07, 6.45) is 0. The summed E-state index contributed by atoms with van der Waals surface area (Å²) in [4.78, 5) is 50.5. The van der Waals surface area contributed by atoms with E-state index in [1.54, 1.807) is 49.4 Å². The molecule has 0 radical (unpaired) electrons. The van der Waals surface area contributed by atoms with Crippen LogP contribution in [0.2, 0.25) is 0 Å². The highest BCUT2D eigenvalue weighted by atomic mass is 16.5. The van der Waals surface area contributed by atoms with Crippen LogP contribution in [0.1, 0.15) is 49.2 Å². The zero-order valence-electron chi connectivity index (χ0n) is 18.1. The molecule has 2 aromatic carbocycles. The Bertz CT molecular complexity index is 1010. The van der Waals surface area contributed by atoms with Crippen molar-refractivity contribution < 1.29 is 23.9 Å². The molecule has 0 aliphatic carbocycles. The van der Waals surface area contributed by atoms with E-state index in [0.717, 1.165) is 10.5 Å². The van der Waals surface area contributed by atoms with Gasteiger partial charge in [-0.25, -0.2) is 4.79 Å². The first kappa shape index (κ1) is 22.2. The number of carbonyl (C=O) groups is 4. The maximum absolute atomic E-state index is 12.8. The van der Waals surface area contributed by atoms with Crippen LogP contribution in [-0.4, -0.2) is 41.7 Å². The van der Waals surface area contributed by atoms with Crippen LogP contribution in [0.5, 0.6) is 0 Å². The number of ketones is 1. The highest BCUT2D eigenvalue weighted by molar-refractivity contribution is 6.09. The van der Waals surface area contributed by atoms with Crippen molar-refractivity contribution in [2.24, 2.45) is 0 Å². The normalized spacial score (nSPS) is 18.6. The SMILES string of the molecule is CC(C)(C)c1ccc(C(=O)COC(=O)CN2C(=O)N[C@@](C)(c3ccccc3)C2=O)cc1. The number of imide groups is 1. The van der Waals surface area contributed by atoms with E-state index in [2.05, 4.69) is 26.1 Å². The Morgan fingerprint density at radius 3 is 2.19 bits per heavy atom. The predicted octanol–water partition coefficient (Wildman–Crippen LogP) is 3.18. The number of benzene rings is 2. The fourth-order valence-electron chi connectivity index (χ4n) is 3.37. The summed E-state index contributed by atoms with van der Waals surface area (Å²) in [5.41, 5.74) is 0.820. The van der Waals surface area contributed by atoms with Crippen LogP contribution in [0.3, 0.4) is 0 Å². The average Bonchev–Trinajstić information content (AvgIpc) is 2.96. The molecule has 1 N–H and O–H groups in total. The average molecular weight is 422 g/mol. The van der Waals surface area contributed by atoms with E-state index in [1.165, 1.54) is 0 Å². The number of ether oxygens (including phenoxy) is 1. The topological polar surface area (TPSA) is 92.8 Å². The molecule has 0 spiro atoms. The van der Waals surface area contributed by atoms with E-state index in [4.69, 9.17) is 4.74 Å². The highest BCUT2D eigenvalue weighted by Crippen LogP contribution is 2.28. The molecule has 1 aliphatic rings. The number of amides is 3. The smallest absolute Gasteiger partial charge is 0.326 e. The Labute approximate surface area is 181 Å². The van der Waals surface area contributed by atoms with Gasteiger partial charge < -0.3 is 10.1 Å². The quantitative estimate of drug-likeness (QED) is 0.438. The van der Waals surface area contributed by atoms with Gasteiger partial charge >= 0.3 is 12.0 Å². The predicted molar refractivity (Wildman–Crippen MR) is 114 cm³/mol. The molecule has 162 valence electrons. The van der Waals surface area contributed by atoms with Crippen molar-refractivity contribution >= 4 is 23.7 Å². The Morgan fingerprint density at radius 1 is 1.00 bits per heavy atom. The van der Waals surface area contributed by atoms with Gasteiger partial charge in [-0.05, 0) is 23.5 Å². The number of carbonyl (C=O) groups excluding carboxylic acids is 4. The first-order chi connectivity index (χ1) is 14.5. The molecule has 0 aromatic heterocycles. The molecule has 7 nitrogen and oxygen atoms in total. The molecular formula is C24H26N2O5. The first-order valence-electron chi connectivity index (χ1n) is 10.0. The van der Waals surface area contributed by atoms with Crippen molar-refractivity contribution in [3.8, 4) is 0 Å². The van der Waals surface area contributed by atoms with E-state index >= 15 is 0 Å². The summed E-state index contributed by atoms with van der Waals surface area (Å²) in [5, 5.41) is 2.62. The summed E-state index contributed by atoms with van der Waals surface area (Å²) in [6.45, 7) is 6.77. The third kappa shape index (κ3) is 4.66. The second-order valence-electron chi connectivity index (χ2n) is 8.72. The van der Waals surface area contributed by atoms with Crippen LogP contribution in [0.15, 0.2) is 54.6 Å². The maximum Gasteiger partial charge on any atom is 0.326 e. The van der Waals surface area contributed by atoms with E-state index in [0.29, 0.717) is 11.1 Å². The second kappa shape index (κ2) is 8.34. The number of esters is 1. The number of urea groups is 1. The van der Waals surface area contributed by atoms with Gasteiger partial charge in [-0.2, -0.15) is 0 Å². The Morgan fingerprint density at radius 2 is 1.61 bits per heavy atom. The van der Waals surface area contributed by atoms with E-state index in [-0.39, 0.29) is 11.2 Å². The third-order valence-electron chi connectivity index (χ3n) is 5.35. The number of rotatable bonds is 6. The lowest BCUT2D eigenvalue weighted by Gasteiger charge is -2.21. The van der Waals surface area contributed by atoms with Crippen molar-refractivity contribution in [2.75, 3.05) is 13.2 Å². The highest BCUT2D eigenvalue weighted by Gasteiger charge is 2.49. The number of hydrogen-bond donors (Lipinski definition) is 1. The summed E-state index contributed by atoms with van der Waals surface area (Å²) in [5.74, 6) is -1.75. The standard InChI is InChI=1S/C24H26N2O5/c1-23(2,3)17-12-10-16(11-13-17)19(27)15-31-20(28)14-26-21(29)24(4,25-22(26)30)18-8-6-5-7-9-18/h5-13H,14-15H2,1-4H3,(H,25,30)/t24-/m0/s1. The maximum atomic E-state index is 12.8. The Kier molecular flexibility index (Phi) is 5.97. The summed E-state index contributed by atoms with van der Waals surface area (Å²) >= 11 is 0. The zero-order chi connectivity index (χ0) is 22.8. The summed E-state index contributed by atoms with van der Waals surface area (Å²) < 4.78 is 5.03. The molecule has 1 saturated heterocycles.